The Bertz CT molecular complexity index is 760. The van der Waals surface area contributed by atoms with Crippen molar-refractivity contribution >= 4 is 17.7 Å². The minimum absolute atomic E-state index is 0.0638. The first-order chi connectivity index (χ1) is 12.0. The van der Waals surface area contributed by atoms with E-state index in [0.29, 0.717) is 24.0 Å². The highest BCUT2D eigenvalue weighted by molar-refractivity contribution is 8.00. The molecule has 5 heteroatoms. The molecule has 3 rings (SSSR count). The molecule has 0 fully saturated rings. The Morgan fingerprint density at radius 1 is 1.04 bits per heavy atom. The summed E-state index contributed by atoms with van der Waals surface area (Å²) in [6, 6.07) is 13.4. The summed E-state index contributed by atoms with van der Waals surface area (Å²) < 4.78 is 11.2. The summed E-state index contributed by atoms with van der Waals surface area (Å²) in [5.74, 6) is 1.43. The van der Waals surface area contributed by atoms with Crippen LogP contribution < -0.4 is 14.8 Å². The Kier molecular flexibility index (Phi) is 5.53. The number of thioether (sulfide) groups is 1. The SMILES string of the molecule is CC(C)Sc1ccccc1C(=O)N[C@H](C)c1ccc2c(c1)OCCO2. The molecular weight excluding hydrogens is 334 g/mol. The highest BCUT2D eigenvalue weighted by atomic mass is 32.2. The molecule has 25 heavy (non-hydrogen) atoms. The number of carbonyl (C=O) groups excluding carboxylic acids is 1. The molecule has 0 aliphatic carbocycles. The van der Waals surface area contributed by atoms with Gasteiger partial charge in [-0.3, -0.25) is 4.79 Å². The van der Waals surface area contributed by atoms with E-state index in [4.69, 9.17) is 9.47 Å². The number of hydrogen-bond donors (Lipinski definition) is 1. The maximum absolute atomic E-state index is 12.7. The molecule has 132 valence electrons. The summed E-state index contributed by atoms with van der Waals surface area (Å²) in [6.07, 6.45) is 0. The molecule has 4 nitrogen and oxygen atoms in total. The molecule has 1 aliphatic rings. The molecule has 0 aromatic heterocycles. The second kappa shape index (κ2) is 7.83. The Labute approximate surface area is 152 Å². The topological polar surface area (TPSA) is 47.6 Å². The van der Waals surface area contributed by atoms with Gasteiger partial charge in [-0.25, -0.2) is 0 Å². The fraction of sp³-hybridized carbons (Fsp3) is 0.350. The predicted molar refractivity (Wildman–Crippen MR) is 101 cm³/mol. The third-order valence-corrected chi connectivity index (χ3v) is 4.99. The molecule has 2 aromatic carbocycles. The Hall–Kier alpha value is -2.14. The van der Waals surface area contributed by atoms with Crippen LogP contribution in [0.3, 0.4) is 0 Å². The zero-order chi connectivity index (χ0) is 17.8. The quantitative estimate of drug-likeness (QED) is 0.803. The number of hydrogen-bond acceptors (Lipinski definition) is 4. The monoisotopic (exact) mass is 357 g/mol. The fourth-order valence-corrected chi connectivity index (χ4v) is 3.65. The number of fused-ring (bicyclic) bond motifs is 1. The van der Waals surface area contributed by atoms with E-state index in [9.17, 15) is 4.79 Å². The first kappa shape index (κ1) is 17.7. The van der Waals surface area contributed by atoms with Crippen molar-refractivity contribution in [3.05, 3.63) is 53.6 Å². The van der Waals surface area contributed by atoms with Gasteiger partial charge in [0, 0.05) is 10.1 Å². The van der Waals surface area contributed by atoms with Crippen LogP contribution in [0.1, 0.15) is 42.7 Å². The molecule has 0 bridgehead atoms. The highest BCUT2D eigenvalue weighted by Crippen LogP contribution is 2.33. The number of benzene rings is 2. The molecule has 0 unspecified atom stereocenters. The second-order valence-electron chi connectivity index (χ2n) is 6.26. The summed E-state index contributed by atoms with van der Waals surface area (Å²) in [4.78, 5) is 13.7. The largest absolute Gasteiger partial charge is 0.486 e. The maximum atomic E-state index is 12.7. The van der Waals surface area contributed by atoms with E-state index < -0.39 is 0 Å². The van der Waals surface area contributed by atoms with Crippen molar-refractivity contribution in [2.45, 2.75) is 37.0 Å². The molecule has 2 aromatic rings. The normalized spacial score (nSPS) is 14.2. The van der Waals surface area contributed by atoms with Crippen molar-refractivity contribution < 1.29 is 14.3 Å². The molecular formula is C20H23NO3S. The van der Waals surface area contributed by atoms with E-state index in [1.54, 1.807) is 11.8 Å². The average molecular weight is 357 g/mol. The van der Waals surface area contributed by atoms with Gasteiger partial charge in [-0.2, -0.15) is 0 Å². The molecule has 0 saturated heterocycles. The lowest BCUT2D eigenvalue weighted by atomic mass is 10.1. The number of carbonyl (C=O) groups is 1. The van der Waals surface area contributed by atoms with E-state index in [2.05, 4.69) is 19.2 Å². The van der Waals surface area contributed by atoms with E-state index in [1.807, 2.05) is 49.4 Å². The summed E-state index contributed by atoms with van der Waals surface area (Å²) in [5.41, 5.74) is 1.71. The third-order valence-electron chi connectivity index (χ3n) is 3.91. The van der Waals surface area contributed by atoms with E-state index in [-0.39, 0.29) is 11.9 Å². The van der Waals surface area contributed by atoms with Gasteiger partial charge in [0.2, 0.25) is 0 Å². The summed E-state index contributed by atoms with van der Waals surface area (Å²) in [7, 11) is 0. The zero-order valence-electron chi connectivity index (χ0n) is 14.7. The van der Waals surface area contributed by atoms with Crippen LogP contribution >= 0.6 is 11.8 Å². The van der Waals surface area contributed by atoms with Crippen LogP contribution in [0.15, 0.2) is 47.4 Å². The van der Waals surface area contributed by atoms with Crippen LogP contribution in [0.4, 0.5) is 0 Å². The van der Waals surface area contributed by atoms with Crippen LogP contribution in [0.2, 0.25) is 0 Å². The van der Waals surface area contributed by atoms with Crippen LogP contribution in [0.5, 0.6) is 11.5 Å². The first-order valence-corrected chi connectivity index (χ1v) is 9.38. The Morgan fingerprint density at radius 2 is 1.76 bits per heavy atom. The van der Waals surface area contributed by atoms with Crippen molar-refractivity contribution in [2.24, 2.45) is 0 Å². The van der Waals surface area contributed by atoms with Crippen molar-refractivity contribution in [3.8, 4) is 11.5 Å². The Morgan fingerprint density at radius 3 is 2.52 bits per heavy atom. The van der Waals surface area contributed by atoms with E-state index in [0.717, 1.165) is 22.0 Å². The van der Waals surface area contributed by atoms with Gasteiger partial charge < -0.3 is 14.8 Å². The number of amides is 1. The van der Waals surface area contributed by atoms with Crippen LogP contribution in [0, 0.1) is 0 Å². The second-order valence-corrected chi connectivity index (χ2v) is 7.88. The molecule has 0 saturated carbocycles. The summed E-state index contributed by atoms with van der Waals surface area (Å²) in [5, 5.41) is 3.50. The Balaban J connectivity index is 1.75. The molecule has 0 spiro atoms. The lowest BCUT2D eigenvalue weighted by molar-refractivity contribution is 0.0936. The summed E-state index contributed by atoms with van der Waals surface area (Å²) in [6.45, 7) is 7.34. The van der Waals surface area contributed by atoms with Gasteiger partial charge in [0.1, 0.15) is 13.2 Å². The molecule has 1 heterocycles. The number of ether oxygens (including phenoxy) is 2. The molecule has 1 aliphatic heterocycles. The van der Waals surface area contributed by atoms with Crippen molar-refractivity contribution in [2.75, 3.05) is 13.2 Å². The molecule has 0 radical (unpaired) electrons. The van der Waals surface area contributed by atoms with Crippen molar-refractivity contribution in [1.29, 1.82) is 0 Å². The maximum Gasteiger partial charge on any atom is 0.252 e. The van der Waals surface area contributed by atoms with Crippen LogP contribution in [0.25, 0.3) is 0 Å². The smallest absolute Gasteiger partial charge is 0.252 e. The van der Waals surface area contributed by atoms with Gasteiger partial charge in [0.05, 0.1) is 11.6 Å². The highest BCUT2D eigenvalue weighted by Gasteiger charge is 2.18. The zero-order valence-corrected chi connectivity index (χ0v) is 15.6. The minimum atomic E-state index is -0.125. The number of rotatable bonds is 5. The third kappa shape index (κ3) is 4.28. The van der Waals surface area contributed by atoms with E-state index in [1.165, 1.54) is 0 Å². The lowest BCUT2D eigenvalue weighted by Crippen LogP contribution is -2.27. The van der Waals surface area contributed by atoms with E-state index >= 15 is 0 Å². The van der Waals surface area contributed by atoms with Crippen molar-refractivity contribution in [1.82, 2.24) is 5.32 Å². The minimum Gasteiger partial charge on any atom is -0.486 e. The molecule has 1 atom stereocenters. The first-order valence-electron chi connectivity index (χ1n) is 8.50. The van der Waals surface area contributed by atoms with Gasteiger partial charge in [-0.1, -0.05) is 32.0 Å². The lowest BCUT2D eigenvalue weighted by Gasteiger charge is -2.21. The van der Waals surface area contributed by atoms with Gasteiger partial charge >= 0.3 is 0 Å². The van der Waals surface area contributed by atoms with Gasteiger partial charge in [-0.05, 0) is 36.8 Å². The summed E-state index contributed by atoms with van der Waals surface area (Å²) >= 11 is 1.70. The van der Waals surface area contributed by atoms with Gasteiger partial charge in [0.25, 0.3) is 5.91 Å². The fourth-order valence-electron chi connectivity index (χ4n) is 2.70. The van der Waals surface area contributed by atoms with Gasteiger partial charge in [-0.15, -0.1) is 11.8 Å². The average Bonchev–Trinajstić information content (AvgIpc) is 2.61. The number of nitrogens with one attached hydrogen (secondary N) is 1. The van der Waals surface area contributed by atoms with Gasteiger partial charge in [0.15, 0.2) is 11.5 Å². The van der Waals surface area contributed by atoms with Crippen LogP contribution in [-0.2, 0) is 0 Å². The predicted octanol–water partition coefficient (Wildman–Crippen LogP) is 4.45. The molecule has 1 N–H and O–H groups in total. The molecule has 1 amide bonds. The standard InChI is InChI=1S/C20H23NO3S/c1-13(2)25-19-7-5-4-6-16(19)20(22)21-14(3)15-8-9-17-18(12-15)24-11-10-23-17/h4-9,12-14H,10-11H2,1-3H3,(H,21,22)/t14-/m1/s1. The van der Waals surface area contributed by atoms with Crippen molar-refractivity contribution in [3.63, 3.8) is 0 Å². The van der Waals surface area contributed by atoms with Crippen LogP contribution in [-0.4, -0.2) is 24.4 Å².